The maximum atomic E-state index is 10.2. The molecule has 0 unspecified atom stereocenters. The highest BCUT2D eigenvalue weighted by molar-refractivity contribution is 5.66. The van der Waals surface area contributed by atoms with Gasteiger partial charge in [-0.2, -0.15) is 0 Å². The van der Waals surface area contributed by atoms with Crippen LogP contribution >= 0.6 is 0 Å². The number of carbonyl (C=O) groups is 1. The molecule has 0 fully saturated rings. The Labute approximate surface area is 81.4 Å². The summed E-state index contributed by atoms with van der Waals surface area (Å²) in [5, 5.41) is 26.7. The summed E-state index contributed by atoms with van der Waals surface area (Å²) in [7, 11) is 0. The van der Waals surface area contributed by atoms with E-state index in [2.05, 4.69) is 0 Å². The first kappa shape index (κ1) is 10.4. The molecule has 14 heavy (non-hydrogen) atoms. The zero-order chi connectivity index (χ0) is 10.6. The summed E-state index contributed by atoms with van der Waals surface area (Å²) in [6, 6.07) is 4.27. The SMILES string of the molecule is O=C(O)CCCc1cc(O)cc(O)c1. The predicted molar refractivity (Wildman–Crippen MR) is 50.3 cm³/mol. The van der Waals surface area contributed by atoms with Gasteiger partial charge in [0.15, 0.2) is 0 Å². The number of carboxylic acids is 1. The molecule has 1 rings (SSSR count). The molecule has 0 amide bonds. The number of carboxylic acid groups (broad SMARTS) is 1. The summed E-state index contributed by atoms with van der Waals surface area (Å²) < 4.78 is 0. The Hall–Kier alpha value is -1.71. The third-order valence-electron chi connectivity index (χ3n) is 1.82. The smallest absolute Gasteiger partial charge is 0.303 e. The van der Waals surface area contributed by atoms with Crippen molar-refractivity contribution in [2.24, 2.45) is 0 Å². The molecule has 76 valence electrons. The third kappa shape index (κ3) is 3.35. The molecule has 4 nitrogen and oxygen atoms in total. The molecule has 0 radical (unpaired) electrons. The number of aromatic hydroxyl groups is 2. The molecular weight excluding hydrogens is 184 g/mol. The molecule has 0 saturated carbocycles. The molecule has 4 heteroatoms. The quantitative estimate of drug-likeness (QED) is 0.682. The minimum atomic E-state index is -0.839. The number of hydrogen-bond acceptors (Lipinski definition) is 3. The van der Waals surface area contributed by atoms with Crippen molar-refractivity contribution in [1.82, 2.24) is 0 Å². The fraction of sp³-hybridized carbons (Fsp3) is 0.300. The average Bonchev–Trinajstić information content (AvgIpc) is 2.01. The first-order valence-corrected chi connectivity index (χ1v) is 4.31. The Morgan fingerprint density at radius 1 is 1.14 bits per heavy atom. The summed E-state index contributed by atoms with van der Waals surface area (Å²) in [5.74, 6) is -0.847. The number of phenols is 2. The zero-order valence-corrected chi connectivity index (χ0v) is 7.60. The van der Waals surface area contributed by atoms with Gasteiger partial charge in [0.2, 0.25) is 0 Å². The molecule has 0 atom stereocenters. The number of aryl methyl sites for hydroxylation is 1. The Balaban J connectivity index is 2.54. The van der Waals surface area contributed by atoms with E-state index in [4.69, 9.17) is 15.3 Å². The van der Waals surface area contributed by atoms with E-state index in [0.717, 1.165) is 5.56 Å². The largest absolute Gasteiger partial charge is 0.508 e. The van der Waals surface area contributed by atoms with Crippen molar-refractivity contribution in [3.05, 3.63) is 23.8 Å². The van der Waals surface area contributed by atoms with Gasteiger partial charge in [0.1, 0.15) is 11.5 Å². The average molecular weight is 196 g/mol. The minimum absolute atomic E-state index is 0.00433. The molecule has 0 bridgehead atoms. The van der Waals surface area contributed by atoms with E-state index in [1.165, 1.54) is 18.2 Å². The van der Waals surface area contributed by atoms with E-state index in [-0.39, 0.29) is 17.9 Å². The molecule has 1 aromatic rings. The summed E-state index contributed by atoms with van der Waals surface area (Å²) in [5.41, 5.74) is 0.740. The normalized spacial score (nSPS) is 10.0. The van der Waals surface area contributed by atoms with Crippen LogP contribution < -0.4 is 0 Å². The van der Waals surface area contributed by atoms with E-state index in [1.807, 2.05) is 0 Å². The van der Waals surface area contributed by atoms with Crippen LogP contribution in [0.15, 0.2) is 18.2 Å². The van der Waals surface area contributed by atoms with Crippen molar-refractivity contribution in [2.45, 2.75) is 19.3 Å². The van der Waals surface area contributed by atoms with Gasteiger partial charge >= 0.3 is 5.97 Å². The van der Waals surface area contributed by atoms with Crippen LogP contribution in [0.2, 0.25) is 0 Å². The number of aliphatic carboxylic acids is 1. The fourth-order valence-electron chi connectivity index (χ4n) is 1.24. The van der Waals surface area contributed by atoms with Crippen molar-refractivity contribution in [3.8, 4) is 11.5 Å². The summed E-state index contributed by atoms with van der Waals surface area (Å²) in [6.07, 6.45) is 1.13. The highest BCUT2D eigenvalue weighted by atomic mass is 16.4. The van der Waals surface area contributed by atoms with Crippen LogP contribution in [0.5, 0.6) is 11.5 Å². The van der Waals surface area contributed by atoms with Crippen molar-refractivity contribution in [2.75, 3.05) is 0 Å². The number of hydrogen-bond donors (Lipinski definition) is 3. The molecule has 0 aliphatic rings. The fourth-order valence-corrected chi connectivity index (χ4v) is 1.24. The van der Waals surface area contributed by atoms with Crippen LogP contribution in [0.1, 0.15) is 18.4 Å². The van der Waals surface area contributed by atoms with Crippen molar-refractivity contribution in [1.29, 1.82) is 0 Å². The standard InChI is InChI=1S/C10H12O4/c11-8-4-7(5-9(12)6-8)2-1-3-10(13)14/h4-6,11-12H,1-3H2,(H,13,14). The molecule has 0 aliphatic heterocycles. The van der Waals surface area contributed by atoms with Crippen molar-refractivity contribution < 1.29 is 20.1 Å². The lowest BCUT2D eigenvalue weighted by Gasteiger charge is -2.01. The summed E-state index contributed by atoms with van der Waals surface area (Å²) >= 11 is 0. The second-order valence-corrected chi connectivity index (χ2v) is 3.10. The lowest BCUT2D eigenvalue weighted by molar-refractivity contribution is -0.137. The van der Waals surface area contributed by atoms with E-state index < -0.39 is 5.97 Å². The summed E-state index contributed by atoms with van der Waals surface area (Å²) in [4.78, 5) is 10.2. The van der Waals surface area contributed by atoms with Crippen LogP contribution in [-0.4, -0.2) is 21.3 Å². The van der Waals surface area contributed by atoms with Crippen LogP contribution in [-0.2, 0) is 11.2 Å². The van der Waals surface area contributed by atoms with Gasteiger partial charge in [0, 0.05) is 12.5 Å². The maximum Gasteiger partial charge on any atom is 0.303 e. The topological polar surface area (TPSA) is 77.8 Å². The van der Waals surface area contributed by atoms with Crippen LogP contribution in [0.4, 0.5) is 0 Å². The molecule has 3 N–H and O–H groups in total. The maximum absolute atomic E-state index is 10.2. The van der Waals surface area contributed by atoms with Gasteiger partial charge in [-0.25, -0.2) is 0 Å². The van der Waals surface area contributed by atoms with Gasteiger partial charge in [-0.1, -0.05) is 0 Å². The third-order valence-corrected chi connectivity index (χ3v) is 1.82. The lowest BCUT2D eigenvalue weighted by atomic mass is 10.1. The van der Waals surface area contributed by atoms with Gasteiger partial charge in [-0.15, -0.1) is 0 Å². The molecule has 0 spiro atoms. The Morgan fingerprint density at radius 2 is 1.71 bits per heavy atom. The Morgan fingerprint density at radius 3 is 2.21 bits per heavy atom. The number of benzene rings is 1. The number of phenolic OH excluding ortho intramolecular Hbond substituents is 2. The zero-order valence-electron chi connectivity index (χ0n) is 7.60. The highest BCUT2D eigenvalue weighted by Gasteiger charge is 2.01. The van der Waals surface area contributed by atoms with Crippen molar-refractivity contribution >= 4 is 5.97 Å². The Kier molecular flexibility index (Phi) is 3.34. The van der Waals surface area contributed by atoms with E-state index in [9.17, 15) is 4.79 Å². The van der Waals surface area contributed by atoms with Crippen LogP contribution in [0.25, 0.3) is 0 Å². The molecule has 0 saturated heterocycles. The summed E-state index contributed by atoms with van der Waals surface area (Å²) in [6.45, 7) is 0. The van der Waals surface area contributed by atoms with Crippen molar-refractivity contribution in [3.63, 3.8) is 0 Å². The minimum Gasteiger partial charge on any atom is -0.508 e. The van der Waals surface area contributed by atoms with Gasteiger partial charge in [-0.05, 0) is 30.5 Å². The van der Waals surface area contributed by atoms with Gasteiger partial charge < -0.3 is 15.3 Å². The monoisotopic (exact) mass is 196 g/mol. The molecule has 0 heterocycles. The first-order chi connectivity index (χ1) is 6.58. The lowest BCUT2D eigenvalue weighted by Crippen LogP contribution is -1.95. The Bertz CT molecular complexity index is 313. The van der Waals surface area contributed by atoms with E-state index >= 15 is 0 Å². The van der Waals surface area contributed by atoms with Crippen LogP contribution in [0.3, 0.4) is 0 Å². The molecule has 1 aromatic carbocycles. The van der Waals surface area contributed by atoms with E-state index in [0.29, 0.717) is 12.8 Å². The highest BCUT2D eigenvalue weighted by Crippen LogP contribution is 2.21. The second-order valence-electron chi connectivity index (χ2n) is 3.10. The second kappa shape index (κ2) is 4.50. The van der Waals surface area contributed by atoms with E-state index in [1.54, 1.807) is 0 Å². The van der Waals surface area contributed by atoms with Gasteiger partial charge in [-0.3, -0.25) is 4.79 Å². The molecular formula is C10H12O4. The van der Waals surface area contributed by atoms with Gasteiger partial charge in [0.25, 0.3) is 0 Å². The number of rotatable bonds is 4. The van der Waals surface area contributed by atoms with Crippen LogP contribution in [0, 0.1) is 0 Å². The molecule has 0 aliphatic carbocycles. The van der Waals surface area contributed by atoms with Gasteiger partial charge in [0.05, 0.1) is 0 Å². The molecule has 0 aromatic heterocycles. The predicted octanol–water partition coefficient (Wildman–Crippen LogP) is 1.51. The first-order valence-electron chi connectivity index (χ1n) is 4.31.